The molecule has 2 aromatic carbocycles. The lowest BCUT2D eigenvalue weighted by molar-refractivity contribution is -0.384. The fourth-order valence-corrected chi connectivity index (χ4v) is 1.87. The Hall–Kier alpha value is -1.78. The molecule has 0 fully saturated rings. The van der Waals surface area contributed by atoms with Crippen LogP contribution in [0.3, 0.4) is 0 Å². The van der Waals surface area contributed by atoms with Crippen LogP contribution in [0.4, 0.5) is 5.69 Å². The summed E-state index contributed by atoms with van der Waals surface area (Å²) in [4.78, 5) is 10.0. The number of nitrogens with zero attached hydrogens (tertiary/aromatic N) is 1. The summed E-state index contributed by atoms with van der Waals surface area (Å²) in [5, 5.41) is 11.4. The van der Waals surface area contributed by atoms with Crippen molar-refractivity contribution in [3.8, 4) is 11.5 Å². The van der Waals surface area contributed by atoms with E-state index in [1.807, 2.05) is 0 Å². The number of nitro groups is 1. The van der Waals surface area contributed by atoms with Gasteiger partial charge in [-0.25, -0.2) is 0 Å². The van der Waals surface area contributed by atoms with Crippen molar-refractivity contribution < 1.29 is 9.66 Å². The molecule has 0 aromatic heterocycles. The Labute approximate surface area is 113 Å². The van der Waals surface area contributed by atoms with Crippen LogP contribution in [0.1, 0.15) is 0 Å². The van der Waals surface area contributed by atoms with Crippen molar-refractivity contribution >= 4 is 28.9 Å². The van der Waals surface area contributed by atoms with Gasteiger partial charge in [-0.15, -0.1) is 0 Å². The van der Waals surface area contributed by atoms with Crippen LogP contribution in [0.2, 0.25) is 10.0 Å². The summed E-state index contributed by atoms with van der Waals surface area (Å²) in [6.07, 6.45) is 0. The summed E-state index contributed by atoms with van der Waals surface area (Å²) >= 11 is 11.7. The SMILES string of the molecule is O=[N+]([O-])c1ccc(Oc2cc(Cl)cc(Cl)c2)cc1. The lowest BCUT2D eigenvalue weighted by Crippen LogP contribution is -1.88. The van der Waals surface area contributed by atoms with Crippen LogP contribution in [0, 0.1) is 10.1 Å². The molecule has 4 nitrogen and oxygen atoms in total. The van der Waals surface area contributed by atoms with Crippen LogP contribution >= 0.6 is 23.2 Å². The Morgan fingerprint density at radius 3 is 2.00 bits per heavy atom. The van der Waals surface area contributed by atoms with E-state index in [4.69, 9.17) is 27.9 Å². The van der Waals surface area contributed by atoms with Gasteiger partial charge >= 0.3 is 0 Å². The molecule has 0 spiro atoms. The molecule has 0 saturated heterocycles. The fourth-order valence-electron chi connectivity index (χ4n) is 1.36. The van der Waals surface area contributed by atoms with Gasteiger partial charge in [0.2, 0.25) is 0 Å². The molecule has 0 aliphatic carbocycles. The van der Waals surface area contributed by atoms with E-state index in [-0.39, 0.29) is 5.69 Å². The topological polar surface area (TPSA) is 52.4 Å². The summed E-state index contributed by atoms with van der Waals surface area (Å²) in [6, 6.07) is 10.5. The maximum atomic E-state index is 10.5. The van der Waals surface area contributed by atoms with Gasteiger partial charge in [0.1, 0.15) is 11.5 Å². The predicted octanol–water partition coefficient (Wildman–Crippen LogP) is 4.69. The number of nitro benzene ring substituents is 1. The molecule has 2 aromatic rings. The predicted molar refractivity (Wildman–Crippen MR) is 69.6 cm³/mol. The van der Waals surface area contributed by atoms with Crippen molar-refractivity contribution in [1.29, 1.82) is 0 Å². The highest BCUT2D eigenvalue weighted by Crippen LogP contribution is 2.29. The average Bonchev–Trinajstić information content (AvgIpc) is 2.28. The molecule has 2 rings (SSSR count). The molecule has 0 unspecified atom stereocenters. The second kappa shape index (κ2) is 5.25. The number of rotatable bonds is 3. The molecule has 0 heterocycles. The first kappa shape index (κ1) is 12.7. The second-order valence-electron chi connectivity index (χ2n) is 3.46. The number of hydrogen-bond donors (Lipinski definition) is 0. The number of ether oxygens (including phenoxy) is 1. The molecular weight excluding hydrogens is 277 g/mol. The normalized spacial score (nSPS) is 10.1. The average molecular weight is 284 g/mol. The first-order valence-electron chi connectivity index (χ1n) is 4.93. The molecule has 0 atom stereocenters. The molecule has 6 heteroatoms. The maximum Gasteiger partial charge on any atom is 0.269 e. The van der Waals surface area contributed by atoms with Gasteiger partial charge in [-0.2, -0.15) is 0 Å². The molecule has 0 amide bonds. The van der Waals surface area contributed by atoms with E-state index >= 15 is 0 Å². The van der Waals surface area contributed by atoms with Crippen LogP contribution in [0.5, 0.6) is 11.5 Å². The molecule has 18 heavy (non-hydrogen) atoms. The second-order valence-corrected chi connectivity index (χ2v) is 4.33. The lowest BCUT2D eigenvalue weighted by atomic mass is 10.3. The molecular formula is C12H7Cl2NO3. The monoisotopic (exact) mass is 283 g/mol. The van der Waals surface area contributed by atoms with Crippen molar-refractivity contribution in [3.63, 3.8) is 0 Å². The van der Waals surface area contributed by atoms with E-state index in [0.717, 1.165) is 0 Å². The van der Waals surface area contributed by atoms with Gasteiger partial charge in [-0.05, 0) is 30.3 Å². The summed E-state index contributed by atoms with van der Waals surface area (Å²) in [6.45, 7) is 0. The quantitative estimate of drug-likeness (QED) is 0.606. The fraction of sp³-hybridized carbons (Fsp3) is 0. The van der Waals surface area contributed by atoms with Crippen molar-refractivity contribution in [2.45, 2.75) is 0 Å². The standard InChI is InChI=1S/C12H7Cl2NO3/c13-8-5-9(14)7-12(6-8)18-11-3-1-10(2-4-11)15(16)17/h1-7H. The van der Waals surface area contributed by atoms with Gasteiger partial charge in [0, 0.05) is 22.2 Å². The molecule has 0 saturated carbocycles. The largest absolute Gasteiger partial charge is 0.457 e. The number of hydrogen-bond acceptors (Lipinski definition) is 3. The zero-order chi connectivity index (χ0) is 13.1. The molecule has 0 radical (unpaired) electrons. The van der Waals surface area contributed by atoms with E-state index in [9.17, 15) is 10.1 Å². The van der Waals surface area contributed by atoms with Gasteiger partial charge in [-0.1, -0.05) is 23.2 Å². The van der Waals surface area contributed by atoms with Gasteiger partial charge in [0.25, 0.3) is 5.69 Å². The third-order valence-electron chi connectivity index (χ3n) is 2.12. The van der Waals surface area contributed by atoms with Gasteiger partial charge < -0.3 is 4.74 Å². The summed E-state index contributed by atoms with van der Waals surface area (Å²) in [5.74, 6) is 0.945. The van der Waals surface area contributed by atoms with E-state index in [2.05, 4.69) is 0 Å². The highest BCUT2D eigenvalue weighted by atomic mass is 35.5. The molecule has 0 aliphatic rings. The first-order chi connectivity index (χ1) is 8.54. The molecule has 0 bridgehead atoms. The summed E-state index contributed by atoms with van der Waals surface area (Å²) in [7, 11) is 0. The molecule has 0 aliphatic heterocycles. The number of non-ortho nitro benzene ring substituents is 1. The number of halogens is 2. The zero-order valence-electron chi connectivity index (χ0n) is 8.97. The van der Waals surface area contributed by atoms with Crippen LogP contribution in [0.25, 0.3) is 0 Å². The van der Waals surface area contributed by atoms with E-state index in [0.29, 0.717) is 21.5 Å². The van der Waals surface area contributed by atoms with E-state index in [1.165, 1.54) is 24.3 Å². The molecule has 0 N–H and O–H groups in total. The highest BCUT2D eigenvalue weighted by molar-refractivity contribution is 6.34. The number of benzene rings is 2. The van der Waals surface area contributed by atoms with E-state index in [1.54, 1.807) is 18.2 Å². The molecule has 92 valence electrons. The van der Waals surface area contributed by atoms with E-state index < -0.39 is 4.92 Å². The third kappa shape index (κ3) is 3.12. The van der Waals surface area contributed by atoms with Crippen molar-refractivity contribution in [3.05, 3.63) is 62.6 Å². The minimum absolute atomic E-state index is 0.00600. The Kier molecular flexibility index (Phi) is 3.69. The van der Waals surface area contributed by atoms with Gasteiger partial charge in [0.05, 0.1) is 4.92 Å². The van der Waals surface area contributed by atoms with Crippen LogP contribution < -0.4 is 4.74 Å². The minimum atomic E-state index is -0.472. The highest BCUT2D eigenvalue weighted by Gasteiger charge is 2.06. The van der Waals surface area contributed by atoms with Gasteiger partial charge in [-0.3, -0.25) is 10.1 Å². The van der Waals surface area contributed by atoms with Crippen molar-refractivity contribution in [2.75, 3.05) is 0 Å². The summed E-state index contributed by atoms with van der Waals surface area (Å²) in [5.41, 5.74) is 0.00600. The zero-order valence-corrected chi connectivity index (χ0v) is 10.5. The Morgan fingerprint density at radius 2 is 1.50 bits per heavy atom. The lowest BCUT2D eigenvalue weighted by Gasteiger charge is -2.06. The summed E-state index contributed by atoms with van der Waals surface area (Å²) < 4.78 is 5.48. The van der Waals surface area contributed by atoms with Crippen LogP contribution in [-0.2, 0) is 0 Å². The minimum Gasteiger partial charge on any atom is -0.457 e. The Morgan fingerprint density at radius 1 is 0.944 bits per heavy atom. The third-order valence-corrected chi connectivity index (χ3v) is 2.56. The maximum absolute atomic E-state index is 10.5. The Balaban J connectivity index is 2.20. The first-order valence-corrected chi connectivity index (χ1v) is 5.68. The van der Waals surface area contributed by atoms with Crippen LogP contribution in [-0.4, -0.2) is 4.92 Å². The Bertz CT molecular complexity index is 564. The van der Waals surface area contributed by atoms with Crippen LogP contribution in [0.15, 0.2) is 42.5 Å². The van der Waals surface area contributed by atoms with Gasteiger partial charge in [0.15, 0.2) is 0 Å². The smallest absolute Gasteiger partial charge is 0.269 e. The van der Waals surface area contributed by atoms with Crippen molar-refractivity contribution in [1.82, 2.24) is 0 Å². The van der Waals surface area contributed by atoms with Crippen molar-refractivity contribution in [2.24, 2.45) is 0 Å².